The average Bonchev–Trinajstić information content (AvgIpc) is 2.88. The third kappa shape index (κ3) is 2.74. The highest BCUT2D eigenvalue weighted by Gasteiger charge is 2.23. The van der Waals surface area contributed by atoms with Crippen molar-refractivity contribution >= 4 is 5.82 Å². The molecule has 84 valence electrons. The van der Waals surface area contributed by atoms with Gasteiger partial charge in [0.15, 0.2) is 0 Å². The lowest BCUT2D eigenvalue weighted by molar-refractivity contribution is 0.532. The van der Waals surface area contributed by atoms with Crippen LogP contribution in [-0.2, 0) is 6.54 Å². The minimum absolute atomic E-state index is 0.500. The lowest BCUT2D eigenvalue weighted by Gasteiger charge is -2.19. The third-order valence-corrected chi connectivity index (χ3v) is 3.22. The largest absolute Gasteiger partial charge is 0.368 e. The van der Waals surface area contributed by atoms with Crippen LogP contribution in [0.1, 0.15) is 33.6 Å². The van der Waals surface area contributed by atoms with E-state index >= 15 is 0 Å². The van der Waals surface area contributed by atoms with E-state index in [1.807, 2.05) is 6.20 Å². The van der Waals surface area contributed by atoms with E-state index in [9.17, 15) is 0 Å². The number of hydrogen-bond donors (Lipinski definition) is 1. The Kier molecular flexibility index (Phi) is 2.98. The monoisotopic (exact) mass is 207 g/mol. The zero-order chi connectivity index (χ0) is 10.8. The molecule has 2 rings (SSSR count). The van der Waals surface area contributed by atoms with Crippen LogP contribution in [0, 0.1) is 11.8 Å². The molecular weight excluding hydrogens is 186 g/mol. The van der Waals surface area contributed by atoms with Crippen molar-refractivity contribution in [3.8, 4) is 0 Å². The second kappa shape index (κ2) is 4.25. The fraction of sp³-hybridized carbons (Fsp3) is 0.750. The van der Waals surface area contributed by atoms with Crippen molar-refractivity contribution < 1.29 is 0 Å². The molecule has 0 radical (unpaired) electrons. The van der Waals surface area contributed by atoms with Gasteiger partial charge in [0.25, 0.3) is 0 Å². The van der Waals surface area contributed by atoms with Crippen molar-refractivity contribution in [2.24, 2.45) is 11.8 Å². The SMILES string of the molecule is CC(C)C(C)Nc1ccnn1CC1CC1. The molecule has 3 nitrogen and oxygen atoms in total. The van der Waals surface area contributed by atoms with E-state index < -0.39 is 0 Å². The fourth-order valence-electron chi connectivity index (χ4n) is 1.55. The van der Waals surface area contributed by atoms with E-state index in [1.54, 1.807) is 0 Å². The maximum Gasteiger partial charge on any atom is 0.124 e. The zero-order valence-corrected chi connectivity index (χ0v) is 9.90. The summed E-state index contributed by atoms with van der Waals surface area (Å²) in [6.45, 7) is 7.78. The molecule has 0 amide bonds. The topological polar surface area (TPSA) is 29.9 Å². The summed E-state index contributed by atoms with van der Waals surface area (Å²) in [6.07, 6.45) is 4.63. The Morgan fingerprint density at radius 2 is 2.20 bits per heavy atom. The quantitative estimate of drug-likeness (QED) is 0.804. The molecule has 1 unspecified atom stereocenters. The van der Waals surface area contributed by atoms with Gasteiger partial charge < -0.3 is 5.32 Å². The molecule has 1 aromatic heterocycles. The van der Waals surface area contributed by atoms with Gasteiger partial charge in [-0.05, 0) is 31.6 Å². The van der Waals surface area contributed by atoms with Crippen LogP contribution in [0.25, 0.3) is 0 Å². The van der Waals surface area contributed by atoms with Gasteiger partial charge in [-0.2, -0.15) is 5.10 Å². The van der Waals surface area contributed by atoms with E-state index in [-0.39, 0.29) is 0 Å². The first kappa shape index (κ1) is 10.5. The standard InChI is InChI=1S/C12H21N3/c1-9(2)10(3)14-12-6-7-13-15(12)8-11-4-5-11/h6-7,9-11,14H,4-5,8H2,1-3H3. The number of aromatic nitrogens is 2. The Morgan fingerprint density at radius 1 is 1.47 bits per heavy atom. The van der Waals surface area contributed by atoms with Crippen LogP contribution in [0.2, 0.25) is 0 Å². The maximum atomic E-state index is 4.36. The van der Waals surface area contributed by atoms with Crippen molar-refractivity contribution in [2.45, 2.75) is 46.2 Å². The molecule has 1 aliphatic carbocycles. The number of rotatable bonds is 5. The van der Waals surface area contributed by atoms with Crippen LogP contribution in [0.5, 0.6) is 0 Å². The van der Waals surface area contributed by atoms with Gasteiger partial charge in [-0.15, -0.1) is 0 Å². The van der Waals surface area contributed by atoms with Gasteiger partial charge in [-0.3, -0.25) is 0 Å². The first-order chi connectivity index (χ1) is 7.16. The highest BCUT2D eigenvalue weighted by molar-refractivity contribution is 5.35. The minimum Gasteiger partial charge on any atom is -0.368 e. The molecule has 1 saturated carbocycles. The van der Waals surface area contributed by atoms with Gasteiger partial charge >= 0.3 is 0 Å². The molecule has 0 aliphatic heterocycles. The normalized spacial score (nSPS) is 18.1. The van der Waals surface area contributed by atoms with Crippen molar-refractivity contribution in [1.29, 1.82) is 0 Å². The second-order valence-electron chi connectivity index (χ2n) is 5.02. The summed E-state index contributed by atoms with van der Waals surface area (Å²) in [5.74, 6) is 2.69. The molecule has 1 aromatic rings. The summed E-state index contributed by atoms with van der Waals surface area (Å²) in [6, 6.07) is 2.57. The molecular formula is C12H21N3. The van der Waals surface area contributed by atoms with Crippen molar-refractivity contribution in [3.05, 3.63) is 12.3 Å². The molecule has 1 atom stereocenters. The Hall–Kier alpha value is -0.990. The van der Waals surface area contributed by atoms with Crippen LogP contribution in [0.3, 0.4) is 0 Å². The zero-order valence-electron chi connectivity index (χ0n) is 9.90. The highest BCUT2D eigenvalue weighted by Crippen LogP contribution is 2.31. The van der Waals surface area contributed by atoms with Crippen molar-refractivity contribution in [3.63, 3.8) is 0 Å². The Bertz CT molecular complexity index is 312. The predicted octanol–water partition coefficient (Wildman–Crippen LogP) is 2.75. The minimum atomic E-state index is 0.500. The van der Waals surface area contributed by atoms with E-state index in [1.165, 1.54) is 18.7 Å². The molecule has 1 aliphatic rings. The summed E-state index contributed by atoms with van der Waals surface area (Å²) in [5.41, 5.74) is 0. The van der Waals surface area contributed by atoms with Crippen LogP contribution < -0.4 is 5.32 Å². The second-order valence-corrected chi connectivity index (χ2v) is 5.02. The van der Waals surface area contributed by atoms with E-state index in [0.29, 0.717) is 12.0 Å². The summed E-state index contributed by atoms with van der Waals surface area (Å²) in [4.78, 5) is 0. The molecule has 15 heavy (non-hydrogen) atoms. The van der Waals surface area contributed by atoms with Gasteiger partial charge in [0.2, 0.25) is 0 Å². The summed E-state index contributed by atoms with van der Waals surface area (Å²) >= 11 is 0. The Morgan fingerprint density at radius 3 is 2.80 bits per heavy atom. The molecule has 1 fully saturated rings. The summed E-state index contributed by atoms with van der Waals surface area (Å²) in [5, 5.41) is 7.89. The molecule has 0 spiro atoms. The summed E-state index contributed by atoms with van der Waals surface area (Å²) < 4.78 is 2.11. The van der Waals surface area contributed by atoms with Crippen molar-refractivity contribution in [1.82, 2.24) is 9.78 Å². The smallest absolute Gasteiger partial charge is 0.124 e. The number of nitrogens with zero attached hydrogens (tertiary/aromatic N) is 2. The van der Waals surface area contributed by atoms with Crippen LogP contribution in [-0.4, -0.2) is 15.8 Å². The van der Waals surface area contributed by atoms with E-state index in [4.69, 9.17) is 0 Å². The molecule has 3 heteroatoms. The van der Waals surface area contributed by atoms with E-state index in [0.717, 1.165) is 12.5 Å². The lowest BCUT2D eigenvalue weighted by Crippen LogP contribution is -2.23. The highest BCUT2D eigenvalue weighted by atomic mass is 15.3. The number of nitrogens with one attached hydrogen (secondary N) is 1. The van der Waals surface area contributed by atoms with Crippen molar-refractivity contribution in [2.75, 3.05) is 5.32 Å². The number of anilines is 1. The van der Waals surface area contributed by atoms with E-state index in [2.05, 4.69) is 41.9 Å². The number of hydrogen-bond acceptors (Lipinski definition) is 2. The first-order valence-corrected chi connectivity index (χ1v) is 5.95. The molecule has 0 aromatic carbocycles. The third-order valence-electron chi connectivity index (χ3n) is 3.22. The Labute approximate surface area is 91.9 Å². The molecule has 0 saturated heterocycles. The molecule has 0 bridgehead atoms. The summed E-state index contributed by atoms with van der Waals surface area (Å²) in [7, 11) is 0. The van der Waals surface area contributed by atoms with Gasteiger partial charge in [0, 0.05) is 18.7 Å². The van der Waals surface area contributed by atoms with Crippen LogP contribution in [0.15, 0.2) is 12.3 Å². The van der Waals surface area contributed by atoms with Crippen LogP contribution in [0.4, 0.5) is 5.82 Å². The van der Waals surface area contributed by atoms with Gasteiger partial charge in [-0.25, -0.2) is 4.68 Å². The molecule has 1 heterocycles. The van der Waals surface area contributed by atoms with Gasteiger partial charge in [0.1, 0.15) is 5.82 Å². The maximum absolute atomic E-state index is 4.36. The predicted molar refractivity (Wildman–Crippen MR) is 62.9 cm³/mol. The Balaban J connectivity index is 1.97. The molecule has 1 N–H and O–H groups in total. The lowest BCUT2D eigenvalue weighted by atomic mass is 10.1. The van der Waals surface area contributed by atoms with Gasteiger partial charge in [0.05, 0.1) is 6.20 Å². The first-order valence-electron chi connectivity index (χ1n) is 5.95. The fourth-order valence-corrected chi connectivity index (χ4v) is 1.55. The van der Waals surface area contributed by atoms with Crippen LogP contribution >= 0.6 is 0 Å². The average molecular weight is 207 g/mol. The van der Waals surface area contributed by atoms with Gasteiger partial charge in [-0.1, -0.05) is 13.8 Å².